The fraction of sp³-hybridized carbons (Fsp3) is 0.667. The van der Waals surface area contributed by atoms with Crippen molar-refractivity contribution >= 4 is 19.8 Å². The number of phosphoric ester groups is 1. The van der Waals surface area contributed by atoms with E-state index in [1.165, 1.54) is 25.7 Å². The molecule has 0 aromatic carbocycles. The molecule has 1 saturated heterocycles. The molecule has 0 aromatic rings. The molecule has 1 aliphatic heterocycles. The van der Waals surface area contributed by atoms with Crippen molar-refractivity contribution in [1.29, 1.82) is 0 Å². The SMILES string of the molecule is CC/C=C\C/C=C\C/C=C\C/C=C\C/C=C\C/C=C\CCC(=O)OC[C@H](COP(=O)([O-])OCC[N+](C)(C)C)OC(=O)CCCCCCC/C=C\CC1OC1CCCCC. The van der Waals surface area contributed by atoms with Crippen molar-refractivity contribution in [2.75, 3.05) is 47.5 Å². The van der Waals surface area contributed by atoms with E-state index >= 15 is 0 Å². The van der Waals surface area contributed by atoms with Gasteiger partial charge < -0.3 is 32.6 Å². The first-order chi connectivity index (χ1) is 28.5. The third-order valence-corrected chi connectivity index (χ3v) is 10.3. The number of ether oxygens (including phenoxy) is 3. The summed E-state index contributed by atoms with van der Waals surface area (Å²) in [6.07, 6.45) is 48.0. The molecule has 0 spiro atoms. The summed E-state index contributed by atoms with van der Waals surface area (Å²) in [4.78, 5) is 37.5. The lowest BCUT2D eigenvalue weighted by molar-refractivity contribution is -0.870. The molecule has 11 heteroatoms. The van der Waals surface area contributed by atoms with E-state index < -0.39 is 32.5 Å². The van der Waals surface area contributed by atoms with Crippen LogP contribution in [0.15, 0.2) is 85.1 Å². The summed E-state index contributed by atoms with van der Waals surface area (Å²) in [6.45, 7) is 3.95. The monoisotopic (exact) mass is 846 g/mol. The Labute approximate surface area is 358 Å². The van der Waals surface area contributed by atoms with Crippen molar-refractivity contribution in [2.24, 2.45) is 0 Å². The van der Waals surface area contributed by atoms with Gasteiger partial charge in [-0.1, -0.05) is 137 Å². The van der Waals surface area contributed by atoms with Crippen LogP contribution in [0.5, 0.6) is 0 Å². The number of carbonyl (C=O) groups is 2. The summed E-state index contributed by atoms with van der Waals surface area (Å²) in [5, 5.41) is 0. The van der Waals surface area contributed by atoms with Crippen LogP contribution >= 0.6 is 7.82 Å². The van der Waals surface area contributed by atoms with Crippen LogP contribution < -0.4 is 4.89 Å². The minimum atomic E-state index is -4.66. The highest BCUT2D eigenvalue weighted by Gasteiger charge is 2.36. The number of esters is 2. The maximum Gasteiger partial charge on any atom is 0.306 e. The Hall–Kier alpha value is -2.85. The van der Waals surface area contributed by atoms with E-state index in [1.54, 1.807) is 0 Å². The lowest BCUT2D eigenvalue weighted by atomic mass is 10.1. The number of unbranched alkanes of at least 4 members (excludes halogenated alkanes) is 7. The van der Waals surface area contributed by atoms with Gasteiger partial charge in [0.1, 0.15) is 19.8 Å². The molecule has 0 bridgehead atoms. The lowest BCUT2D eigenvalue weighted by Gasteiger charge is -2.28. The molecule has 4 atom stereocenters. The first-order valence-corrected chi connectivity index (χ1v) is 23.9. The number of phosphoric acid groups is 1. The summed E-state index contributed by atoms with van der Waals surface area (Å²) >= 11 is 0. The van der Waals surface area contributed by atoms with Crippen LogP contribution in [0.2, 0.25) is 0 Å². The van der Waals surface area contributed by atoms with Crippen LogP contribution in [-0.2, 0) is 37.4 Å². The Morgan fingerprint density at radius 3 is 1.83 bits per heavy atom. The normalized spacial score (nSPS) is 17.8. The second-order valence-electron chi connectivity index (χ2n) is 16.1. The largest absolute Gasteiger partial charge is 0.756 e. The highest BCUT2D eigenvalue weighted by Crippen LogP contribution is 2.38. The third-order valence-electron chi connectivity index (χ3n) is 9.34. The predicted octanol–water partition coefficient (Wildman–Crippen LogP) is 11.2. The number of carbonyl (C=O) groups excluding carboxylic acids is 2. The molecule has 0 aliphatic carbocycles. The average molecular weight is 846 g/mol. The summed E-state index contributed by atoms with van der Waals surface area (Å²) in [5.74, 6) is -0.963. The van der Waals surface area contributed by atoms with E-state index in [9.17, 15) is 19.0 Å². The zero-order chi connectivity index (χ0) is 43.3. The molecular formula is C48H80NO9P. The van der Waals surface area contributed by atoms with Crippen LogP contribution in [-0.4, -0.2) is 82.2 Å². The molecule has 0 amide bonds. The number of rotatable bonds is 38. The lowest BCUT2D eigenvalue weighted by Crippen LogP contribution is -2.37. The van der Waals surface area contributed by atoms with Crippen molar-refractivity contribution < 1.29 is 46.8 Å². The van der Waals surface area contributed by atoms with Crippen molar-refractivity contribution in [3.8, 4) is 0 Å². The van der Waals surface area contributed by atoms with Crippen molar-refractivity contribution in [2.45, 2.75) is 161 Å². The van der Waals surface area contributed by atoms with Gasteiger partial charge in [0.15, 0.2) is 6.10 Å². The van der Waals surface area contributed by atoms with Crippen LogP contribution in [0, 0.1) is 0 Å². The van der Waals surface area contributed by atoms with Crippen molar-refractivity contribution in [1.82, 2.24) is 0 Å². The topological polar surface area (TPSA) is 124 Å². The van der Waals surface area contributed by atoms with E-state index in [1.807, 2.05) is 33.3 Å². The Bertz CT molecular complexity index is 1340. The van der Waals surface area contributed by atoms with Gasteiger partial charge >= 0.3 is 11.9 Å². The number of likely N-dealkylation sites (N-methyl/N-ethyl adjacent to an activating group) is 1. The minimum absolute atomic E-state index is 0.0519. The summed E-state index contributed by atoms with van der Waals surface area (Å²) in [7, 11) is 1.09. The third kappa shape index (κ3) is 36.7. The van der Waals surface area contributed by atoms with Gasteiger partial charge in [-0.3, -0.25) is 14.2 Å². The summed E-state index contributed by atoms with van der Waals surface area (Å²) in [5.41, 5.74) is 0. The number of hydrogen-bond donors (Lipinski definition) is 0. The molecular weight excluding hydrogens is 765 g/mol. The molecule has 1 aliphatic rings. The van der Waals surface area contributed by atoms with Crippen LogP contribution in [0.3, 0.4) is 0 Å². The fourth-order valence-corrected chi connectivity index (χ4v) is 6.47. The van der Waals surface area contributed by atoms with Gasteiger partial charge in [-0.2, -0.15) is 0 Å². The standard InChI is InChI=1S/C48H80NO9P/c1-6-8-10-11-12-13-14-15-16-17-18-19-20-21-22-23-27-30-34-38-47(50)54-42-44(43-56-59(52,53)55-41-40-49(3,4)5)57-48(51)39-35-31-28-25-24-26-29-33-37-46-45(58-46)36-32-9-7-2/h8,10,12-13,15-16,18-19,21-22,27,29-30,33,44-46H,6-7,9,11,14,17,20,23-26,28,31-32,34-43H2,1-5H3/b10-8-,13-12-,16-15-,19-18-,22-21-,30-27-,33-29-/t44-,45?,46?/m1/s1. The second kappa shape index (κ2) is 35.9. The molecule has 0 N–H and O–H groups in total. The van der Waals surface area contributed by atoms with Gasteiger partial charge in [-0.05, 0) is 77.0 Å². The Balaban J connectivity index is 2.34. The fourth-order valence-electron chi connectivity index (χ4n) is 5.74. The second-order valence-corrected chi connectivity index (χ2v) is 17.5. The Morgan fingerprint density at radius 1 is 0.644 bits per heavy atom. The smallest absolute Gasteiger partial charge is 0.306 e. The van der Waals surface area contributed by atoms with Gasteiger partial charge in [0, 0.05) is 12.8 Å². The molecule has 3 unspecified atom stereocenters. The van der Waals surface area contributed by atoms with Gasteiger partial charge in [0.05, 0.1) is 40.0 Å². The van der Waals surface area contributed by atoms with Crippen LogP contribution in [0.4, 0.5) is 0 Å². The Kier molecular flexibility index (Phi) is 32.9. The quantitative estimate of drug-likeness (QED) is 0.0149. The predicted molar refractivity (Wildman–Crippen MR) is 240 cm³/mol. The van der Waals surface area contributed by atoms with Gasteiger partial charge in [0.25, 0.3) is 7.82 Å². The summed E-state index contributed by atoms with van der Waals surface area (Å²) < 4.78 is 39.6. The zero-order valence-corrected chi connectivity index (χ0v) is 38.2. The number of epoxide rings is 1. The first-order valence-electron chi connectivity index (χ1n) is 22.4. The van der Waals surface area contributed by atoms with Gasteiger partial charge in [0.2, 0.25) is 0 Å². The van der Waals surface area contributed by atoms with Crippen molar-refractivity contribution in [3.05, 3.63) is 85.1 Å². The maximum absolute atomic E-state index is 12.7. The molecule has 59 heavy (non-hydrogen) atoms. The number of hydrogen-bond acceptors (Lipinski definition) is 9. The maximum atomic E-state index is 12.7. The number of allylic oxidation sites excluding steroid dienone is 13. The molecule has 336 valence electrons. The first kappa shape index (κ1) is 54.2. The van der Waals surface area contributed by atoms with E-state index in [0.29, 0.717) is 36.1 Å². The van der Waals surface area contributed by atoms with E-state index in [-0.39, 0.29) is 26.1 Å². The zero-order valence-electron chi connectivity index (χ0n) is 37.4. The minimum Gasteiger partial charge on any atom is -0.756 e. The van der Waals surface area contributed by atoms with Crippen LogP contribution in [0.25, 0.3) is 0 Å². The van der Waals surface area contributed by atoms with Gasteiger partial charge in [-0.25, -0.2) is 0 Å². The number of quaternary nitrogens is 1. The highest BCUT2D eigenvalue weighted by molar-refractivity contribution is 7.45. The van der Waals surface area contributed by atoms with E-state index in [4.69, 9.17) is 23.3 Å². The molecule has 10 nitrogen and oxygen atoms in total. The van der Waals surface area contributed by atoms with E-state index in [0.717, 1.165) is 77.0 Å². The molecule has 0 saturated carbocycles. The van der Waals surface area contributed by atoms with E-state index in [2.05, 4.69) is 86.8 Å². The molecule has 1 heterocycles. The van der Waals surface area contributed by atoms with Gasteiger partial charge in [-0.15, -0.1) is 0 Å². The van der Waals surface area contributed by atoms with Crippen LogP contribution in [0.1, 0.15) is 142 Å². The average Bonchev–Trinajstić information content (AvgIpc) is 3.94. The van der Waals surface area contributed by atoms with Crippen molar-refractivity contribution in [3.63, 3.8) is 0 Å². The highest BCUT2D eigenvalue weighted by atomic mass is 31.2. The molecule has 1 fully saturated rings. The number of nitrogens with zero attached hydrogens (tertiary/aromatic N) is 1. The summed E-state index contributed by atoms with van der Waals surface area (Å²) in [6, 6.07) is 0. The molecule has 0 radical (unpaired) electrons. The molecule has 1 rings (SSSR count). The molecule has 0 aromatic heterocycles. The Morgan fingerprint density at radius 2 is 1.22 bits per heavy atom.